The number of sulfonamides is 1. The van der Waals surface area contributed by atoms with E-state index in [1.54, 1.807) is 33.5 Å². The number of benzene rings is 2. The van der Waals surface area contributed by atoms with E-state index in [-0.39, 0.29) is 0 Å². The lowest BCUT2D eigenvalue weighted by atomic mass is 10.1. The highest BCUT2D eigenvalue weighted by atomic mass is 32.2. The van der Waals surface area contributed by atoms with Crippen molar-refractivity contribution in [3.05, 3.63) is 85.2 Å². The van der Waals surface area contributed by atoms with Gasteiger partial charge in [-0.15, -0.1) is 10.2 Å². The predicted octanol–water partition coefficient (Wildman–Crippen LogP) is 2.84. The van der Waals surface area contributed by atoms with Crippen LogP contribution in [0.3, 0.4) is 0 Å². The summed E-state index contributed by atoms with van der Waals surface area (Å²) >= 11 is 0. The summed E-state index contributed by atoms with van der Waals surface area (Å²) in [7, 11) is -3.62. The van der Waals surface area contributed by atoms with Gasteiger partial charge < -0.3 is 4.90 Å². The van der Waals surface area contributed by atoms with Gasteiger partial charge in [0.1, 0.15) is 0 Å². The zero-order valence-corrected chi connectivity index (χ0v) is 18.1. The fraction of sp³-hybridized carbons (Fsp3) is 0.174. The second-order valence-corrected chi connectivity index (χ2v) is 9.36. The van der Waals surface area contributed by atoms with E-state index in [1.165, 1.54) is 0 Å². The Morgan fingerprint density at radius 1 is 0.719 bits per heavy atom. The molecular formula is C23H22N6O2S. The molecule has 8 nitrogen and oxygen atoms in total. The second kappa shape index (κ2) is 8.52. The molecule has 0 aliphatic carbocycles. The van der Waals surface area contributed by atoms with Crippen molar-refractivity contribution in [2.75, 3.05) is 31.1 Å². The molecule has 0 unspecified atom stereocenters. The standard InChI is InChI=1S/C23H22N6O2S/c30-32(31,21-10-5-4-9-20(21)19-7-2-1-3-8-19)28-17-15-27(16-18-28)22-11-12-23(26-25-22)29-14-6-13-24-29/h1-14H,15-18H2. The van der Waals surface area contributed by atoms with E-state index < -0.39 is 10.0 Å². The van der Waals surface area contributed by atoms with Gasteiger partial charge in [0, 0.05) is 44.1 Å². The molecule has 0 spiro atoms. The largest absolute Gasteiger partial charge is 0.352 e. The van der Waals surface area contributed by atoms with Crippen LogP contribution >= 0.6 is 0 Å². The van der Waals surface area contributed by atoms with Gasteiger partial charge in [-0.1, -0.05) is 48.5 Å². The van der Waals surface area contributed by atoms with Crippen molar-refractivity contribution in [1.82, 2.24) is 24.3 Å². The molecule has 0 radical (unpaired) electrons. The van der Waals surface area contributed by atoms with Crippen molar-refractivity contribution >= 4 is 15.8 Å². The van der Waals surface area contributed by atoms with E-state index in [4.69, 9.17) is 0 Å². The minimum Gasteiger partial charge on any atom is -0.352 e. The van der Waals surface area contributed by atoms with E-state index in [1.807, 2.05) is 60.7 Å². The van der Waals surface area contributed by atoms with Crippen molar-refractivity contribution in [1.29, 1.82) is 0 Å². The fourth-order valence-electron chi connectivity index (χ4n) is 3.86. The third-order valence-electron chi connectivity index (χ3n) is 5.53. The summed E-state index contributed by atoms with van der Waals surface area (Å²) in [4.78, 5) is 2.39. The lowest BCUT2D eigenvalue weighted by molar-refractivity contribution is 0.383. The Bertz CT molecular complexity index is 1280. The van der Waals surface area contributed by atoms with Gasteiger partial charge >= 0.3 is 0 Å². The molecule has 1 saturated heterocycles. The van der Waals surface area contributed by atoms with Gasteiger partial charge in [0.2, 0.25) is 10.0 Å². The minimum absolute atomic E-state index is 0.336. The van der Waals surface area contributed by atoms with E-state index >= 15 is 0 Å². The van der Waals surface area contributed by atoms with Crippen LogP contribution in [0.25, 0.3) is 16.9 Å². The summed E-state index contributed by atoms with van der Waals surface area (Å²) in [5, 5.41) is 12.7. The summed E-state index contributed by atoms with van der Waals surface area (Å²) in [6.07, 6.45) is 3.49. The van der Waals surface area contributed by atoms with Crippen LogP contribution in [0.15, 0.2) is 90.1 Å². The Morgan fingerprint density at radius 3 is 2.09 bits per heavy atom. The molecule has 3 heterocycles. The number of anilines is 1. The van der Waals surface area contributed by atoms with Crippen LogP contribution in [0, 0.1) is 0 Å². The van der Waals surface area contributed by atoms with Gasteiger partial charge in [0.15, 0.2) is 11.6 Å². The van der Waals surface area contributed by atoms with Crippen molar-refractivity contribution in [2.24, 2.45) is 0 Å². The molecule has 1 fully saturated rings. The molecule has 9 heteroatoms. The van der Waals surface area contributed by atoms with Crippen LogP contribution in [0.5, 0.6) is 0 Å². The van der Waals surface area contributed by atoms with Gasteiger partial charge in [-0.05, 0) is 29.8 Å². The summed E-state index contributed by atoms with van der Waals surface area (Å²) in [6.45, 7) is 1.85. The number of rotatable bonds is 5. The van der Waals surface area contributed by atoms with E-state index in [2.05, 4.69) is 20.2 Å². The van der Waals surface area contributed by atoms with Crippen LogP contribution < -0.4 is 4.90 Å². The molecular weight excluding hydrogens is 424 g/mol. The maximum Gasteiger partial charge on any atom is 0.243 e. The molecule has 5 rings (SSSR count). The van der Waals surface area contributed by atoms with Gasteiger partial charge in [-0.3, -0.25) is 0 Å². The maximum absolute atomic E-state index is 13.5. The third kappa shape index (κ3) is 3.88. The summed E-state index contributed by atoms with van der Waals surface area (Å²) < 4.78 is 30.1. The first-order valence-electron chi connectivity index (χ1n) is 10.4. The molecule has 32 heavy (non-hydrogen) atoms. The molecule has 2 aromatic heterocycles. The van der Waals surface area contributed by atoms with Crippen molar-refractivity contribution in [2.45, 2.75) is 4.90 Å². The highest BCUT2D eigenvalue weighted by Gasteiger charge is 2.30. The number of aromatic nitrogens is 4. The topological polar surface area (TPSA) is 84.2 Å². The molecule has 0 saturated carbocycles. The number of nitrogens with zero attached hydrogens (tertiary/aromatic N) is 6. The molecule has 4 aromatic rings. The summed E-state index contributed by atoms with van der Waals surface area (Å²) in [5.41, 5.74) is 1.61. The maximum atomic E-state index is 13.5. The fourth-order valence-corrected chi connectivity index (χ4v) is 5.49. The third-order valence-corrected chi connectivity index (χ3v) is 7.48. The minimum atomic E-state index is -3.62. The second-order valence-electron chi connectivity index (χ2n) is 7.45. The number of hydrogen-bond donors (Lipinski definition) is 0. The highest BCUT2D eigenvalue weighted by Crippen LogP contribution is 2.30. The summed E-state index contributed by atoms with van der Waals surface area (Å²) in [6, 6.07) is 22.3. The van der Waals surface area contributed by atoms with Crippen LogP contribution in [0.1, 0.15) is 0 Å². The van der Waals surface area contributed by atoms with Gasteiger partial charge in [-0.2, -0.15) is 9.40 Å². The van der Waals surface area contributed by atoms with Gasteiger partial charge in [0.25, 0.3) is 0 Å². The van der Waals surface area contributed by atoms with Crippen LogP contribution in [0.4, 0.5) is 5.82 Å². The zero-order valence-electron chi connectivity index (χ0n) is 17.3. The zero-order chi connectivity index (χ0) is 22.0. The smallest absolute Gasteiger partial charge is 0.243 e. The Balaban J connectivity index is 1.32. The van der Waals surface area contributed by atoms with Crippen LogP contribution in [-0.2, 0) is 10.0 Å². The normalized spacial score (nSPS) is 15.1. The predicted molar refractivity (Wildman–Crippen MR) is 122 cm³/mol. The van der Waals surface area contributed by atoms with Gasteiger partial charge in [-0.25, -0.2) is 13.1 Å². The molecule has 1 aliphatic heterocycles. The van der Waals surface area contributed by atoms with E-state index in [0.717, 1.165) is 16.9 Å². The Hall–Kier alpha value is -3.56. The Morgan fingerprint density at radius 2 is 1.41 bits per heavy atom. The molecule has 0 N–H and O–H groups in total. The summed E-state index contributed by atoms with van der Waals surface area (Å²) in [5.74, 6) is 1.36. The van der Waals surface area contributed by atoms with Gasteiger partial charge in [0.05, 0.1) is 4.90 Å². The molecule has 0 amide bonds. The Kier molecular flexibility index (Phi) is 5.42. The molecule has 2 aromatic carbocycles. The number of piperazine rings is 1. The Labute approximate surface area is 186 Å². The van der Waals surface area contributed by atoms with Crippen LogP contribution in [0.2, 0.25) is 0 Å². The monoisotopic (exact) mass is 446 g/mol. The lowest BCUT2D eigenvalue weighted by Gasteiger charge is -2.34. The van der Waals surface area contributed by atoms with Crippen molar-refractivity contribution in [3.8, 4) is 16.9 Å². The molecule has 0 bridgehead atoms. The van der Waals surface area contributed by atoms with E-state index in [9.17, 15) is 8.42 Å². The first kappa shape index (κ1) is 20.3. The first-order chi connectivity index (χ1) is 15.6. The van der Waals surface area contributed by atoms with Crippen molar-refractivity contribution in [3.63, 3.8) is 0 Å². The highest BCUT2D eigenvalue weighted by molar-refractivity contribution is 7.89. The lowest BCUT2D eigenvalue weighted by Crippen LogP contribution is -2.49. The average molecular weight is 447 g/mol. The SMILES string of the molecule is O=S(=O)(c1ccccc1-c1ccccc1)N1CCN(c2ccc(-n3cccn3)nn2)CC1. The van der Waals surface area contributed by atoms with Crippen LogP contribution in [-0.4, -0.2) is 58.9 Å². The first-order valence-corrected chi connectivity index (χ1v) is 11.8. The van der Waals surface area contributed by atoms with E-state index in [0.29, 0.717) is 36.9 Å². The molecule has 1 aliphatic rings. The average Bonchev–Trinajstić information content (AvgIpc) is 3.40. The van der Waals surface area contributed by atoms with Crippen molar-refractivity contribution < 1.29 is 8.42 Å². The quantitative estimate of drug-likeness (QED) is 0.469. The molecule has 162 valence electrons. The molecule has 0 atom stereocenters. The number of hydrogen-bond acceptors (Lipinski definition) is 6.